The third-order valence-electron chi connectivity index (χ3n) is 4.59. The molecule has 0 aromatic rings. The largest absolute Gasteiger partial charge is 0.530 e. The van der Waals surface area contributed by atoms with Crippen molar-refractivity contribution in [3.8, 4) is 0 Å². The van der Waals surface area contributed by atoms with E-state index in [4.69, 9.17) is 28.0 Å². The minimum absolute atomic E-state index is 0.0469. The van der Waals surface area contributed by atoms with E-state index in [1.54, 1.807) is 13.8 Å². The van der Waals surface area contributed by atoms with E-state index in [2.05, 4.69) is 0 Å². The van der Waals surface area contributed by atoms with Crippen LogP contribution >= 0.6 is 7.82 Å². The fraction of sp³-hybridized carbons (Fsp3) is 0.944. The number of aliphatic hydroxyl groups is 1. The van der Waals surface area contributed by atoms with Crippen molar-refractivity contribution in [3.05, 3.63) is 0 Å². The summed E-state index contributed by atoms with van der Waals surface area (Å²) in [4.78, 5) is 22.6. The normalized spacial score (nSPS) is 37.2. The first kappa shape index (κ1) is 24.7. The van der Waals surface area contributed by atoms with Crippen molar-refractivity contribution < 1.29 is 47.4 Å². The average Bonchev–Trinajstić information content (AvgIpc) is 3.06. The second kappa shape index (κ2) is 10.2. The van der Waals surface area contributed by atoms with Gasteiger partial charge in [0.05, 0.1) is 37.1 Å². The van der Waals surface area contributed by atoms with Gasteiger partial charge in [0.15, 0.2) is 6.10 Å². The lowest BCUT2D eigenvalue weighted by Gasteiger charge is -2.25. The lowest BCUT2D eigenvalue weighted by molar-refractivity contribution is -0.155. The third-order valence-corrected chi connectivity index (χ3v) is 5.51. The molecule has 11 heteroatoms. The SMILES string of the molecule is CC(C)OC[C@H]1O[C@@H](C)C(O)[C@H]1OP(=O)(O)OC(=O)[C@H]1O[C@@H](C)C[C@H]1OC(C)C. The van der Waals surface area contributed by atoms with Gasteiger partial charge in [-0.2, -0.15) is 0 Å². The van der Waals surface area contributed by atoms with Crippen LogP contribution in [-0.4, -0.2) is 77.5 Å². The van der Waals surface area contributed by atoms with E-state index in [1.165, 1.54) is 0 Å². The molecule has 0 bridgehead atoms. The van der Waals surface area contributed by atoms with Gasteiger partial charge in [0, 0.05) is 6.42 Å². The molecule has 0 radical (unpaired) electrons. The molecule has 0 aromatic heterocycles. The molecule has 170 valence electrons. The van der Waals surface area contributed by atoms with Crippen molar-refractivity contribution in [1.29, 1.82) is 0 Å². The van der Waals surface area contributed by atoms with E-state index in [1.807, 2.05) is 27.7 Å². The maximum atomic E-state index is 12.5. The van der Waals surface area contributed by atoms with Crippen LogP contribution in [0.15, 0.2) is 0 Å². The molecule has 2 saturated heterocycles. The van der Waals surface area contributed by atoms with Crippen molar-refractivity contribution in [2.24, 2.45) is 0 Å². The predicted octanol–water partition coefficient (Wildman–Crippen LogP) is 1.56. The molecule has 0 aliphatic carbocycles. The molecule has 10 nitrogen and oxygen atoms in total. The van der Waals surface area contributed by atoms with Crippen LogP contribution in [0, 0.1) is 0 Å². The third kappa shape index (κ3) is 6.97. The van der Waals surface area contributed by atoms with Gasteiger partial charge in [-0.25, -0.2) is 9.36 Å². The summed E-state index contributed by atoms with van der Waals surface area (Å²) in [7, 11) is -4.86. The minimum atomic E-state index is -4.86. The van der Waals surface area contributed by atoms with Gasteiger partial charge in [-0.3, -0.25) is 9.42 Å². The zero-order valence-electron chi connectivity index (χ0n) is 17.7. The Labute approximate surface area is 171 Å². The molecule has 0 aromatic carbocycles. The Kier molecular flexibility index (Phi) is 8.64. The number of hydrogen-bond acceptors (Lipinski definition) is 9. The van der Waals surface area contributed by atoms with E-state index in [9.17, 15) is 19.4 Å². The number of phosphoric acid groups is 1. The minimum Gasteiger partial charge on any atom is -0.388 e. The van der Waals surface area contributed by atoms with Crippen LogP contribution in [0.1, 0.15) is 48.0 Å². The molecular formula is C18H33O10P. The fourth-order valence-electron chi connectivity index (χ4n) is 3.34. The quantitative estimate of drug-likeness (QED) is 0.509. The Bertz CT molecular complexity index is 597. The van der Waals surface area contributed by atoms with Crippen molar-refractivity contribution in [3.63, 3.8) is 0 Å². The molecule has 2 unspecified atom stereocenters. The van der Waals surface area contributed by atoms with Gasteiger partial charge < -0.3 is 28.6 Å². The fourth-order valence-corrected chi connectivity index (χ4v) is 4.28. The molecule has 2 aliphatic rings. The Balaban J connectivity index is 2.01. The van der Waals surface area contributed by atoms with E-state index >= 15 is 0 Å². The maximum absolute atomic E-state index is 12.5. The number of rotatable bonds is 9. The van der Waals surface area contributed by atoms with Gasteiger partial charge in [-0.05, 0) is 41.5 Å². The van der Waals surface area contributed by atoms with E-state index in [-0.39, 0.29) is 24.9 Å². The average molecular weight is 440 g/mol. The number of carbonyl (C=O) groups excluding carboxylic acids is 1. The summed E-state index contributed by atoms with van der Waals surface area (Å²) in [6, 6.07) is 0. The van der Waals surface area contributed by atoms with Gasteiger partial charge >= 0.3 is 13.8 Å². The summed E-state index contributed by atoms with van der Waals surface area (Å²) in [6.45, 7) is 10.7. The molecule has 2 fully saturated rings. The van der Waals surface area contributed by atoms with Crippen LogP contribution in [0.2, 0.25) is 0 Å². The highest BCUT2D eigenvalue weighted by atomic mass is 31.2. The van der Waals surface area contributed by atoms with Crippen LogP contribution in [0.25, 0.3) is 0 Å². The zero-order valence-corrected chi connectivity index (χ0v) is 18.6. The lowest BCUT2D eigenvalue weighted by Crippen LogP contribution is -2.38. The number of ether oxygens (including phenoxy) is 4. The molecule has 0 spiro atoms. The van der Waals surface area contributed by atoms with Crippen molar-refractivity contribution in [2.75, 3.05) is 6.61 Å². The molecule has 29 heavy (non-hydrogen) atoms. The highest BCUT2D eigenvalue weighted by Gasteiger charge is 2.49. The number of phosphoric ester groups is 1. The topological polar surface area (TPSA) is 130 Å². The Hall–Kier alpha value is -0.580. The number of hydrogen-bond donors (Lipinski definition) is 2. The number of aliphatic hydroxyl groups excluding tert-OH is 1. The van der Waals surface area contributed by atoms with Gasteiger partial charge in [0.25, 0.3) is 0 Å². The monoisotopic (exact) mass is 440 g/mol. The molecule has 2 N–H and O–H groups in total. The smallest absolute Gasteiger partial charge is 0.388 e. The second-order valence-electron chi connectivity index (χ2n) is 8.03. The van der Waals surface area contributed by atoms with E-state index in [0.29, 0.717) is 6.42 Å². The molecule has 2 rings (SSSR count). The Morgan fingerprint density at radius 2 is 1.83 bits per heavy atom. The summed E-state index contributed by atoms with van der Waals surface area (Å²) >= 11 is 0. The summed E-state index contributed by atoms with van der Waals surface area (Å²) in [5.41, 5.74) is 0. The number of carbonyl (C=O) groups is 1. The molecule has 8 atom stereocenters. The predicted molar refractivity (Wildman–Crippen MR) is 101 cm³/mol. The van der Waals surface area contributed by atoms with Crippen LogP contribution in [0.5, 0.6) is 0 Å². The zero-order chi connectivity index (χ0) is 21.9. The molecule has 2 aliphatic heterocycles. The molecule has 2 heterocycles. The summed E-state index contributed by atoms with van der Waals surface area (Å²) in [5.74, 6) is -1.05. The van der Waals surface area contributed by atoms with Crippen LogP contribution in [0.4, 0.5) is 0 Å². The van der Waals surface area contributed by atoms with E-state index < -0.39 is 50.4 Å². The maximum Gasteiger partial charge on any atom is 0.530 e. The van der Waals surface area contributed by atoms with Gasteiger partial charge in [-0.1, -0.05) is 0 Å². The first-order valence-corrected chi connectivity index (χ1v) is 11.4. The van der Waals surface area contributed by atoms with Crippen LogP contribution < -0.4 is 0 Å². The van der Waals surface area contributed by atoms with Crippen LogP contribution in [-0.2, 0) is 37.4 Å². The summed E-state index contributed by atoms with van der Waals surface area (Å²) in [5, 5.41) is 10.3. The van der Waals surface area contributed by atoms with Gasteiger partial charge in [-0.15, -0.1) is 0 Å². The van der Waals surface area contributed by atoms with Crippen molar-refractivity contribution in [1.82, 2.24) is 0 Å². The molecule has 0 amide bonds. The van der Waals surface area contributed by atoms with Crippen molar-refractivity contribution >= 4 is 13.8 Å². The first-order valence-electron chi connectivity index (χ1n) is 9.90. The van der Waals surface area contributed by atoms with Crippen molar-refractivity contribution in [2.45, 2.75) is 103 Å². The second-order valence-corrected chi connectivity index (χ2v) is 9.36. The van der Waals surface area contributed by atoms with Crippen LogP contribution in [0.3, 0.4) is 0 Å². The first-order chi connectivity index (χ1) is 13.4. The summed E-state index contributed by atoms with van der Waals surface area (Å²) in [6.07, 6.45) is -5.62. The highest BCUT2D eigenvalue weighted by molar-refractivity contribution is 7.48. The standard InChI is InChI=1S/C18H33O10P/c1-9(2)23-8-14-16(15(19)12(6)26-14)27-29(21,22)28-18(20)17-13(24-10(3)4)7-11(5)25-17/h9-17,19H,7-8H2,1-6H3,(H,21,22)/t11-,12-,13+,14+,15?,16-,17-/m0/s1. The summed E-state index contributed by atoms with van der Waals surface area (Å²) < 4.78 is 44.5. The van der Waals surface area contributed by atoms with Gasteiger partial charge in [0.2, 0.25) is 0 Å². The molecule has 0 saturated carbocycles. The molecular weight excluding hydrogens is 407 g/mol. The Morgan fingerprint density at radius 3 is 2.41 bits per heavy atom. The van der Waals surface area contributed by atoms with Gasteiger partial charge in [0.1, 0.15) is 18.3 Å². The Morgan fingerprint density at radius 1 is 1.17 bits per heavy atom. The van der Waals surface area contributed by atoms with E-state index in [0.717, 1.165) is 0 Å². The highest BCUT2D eigenvalue weighted by Crippen LogP contribution is 2.48. The lowest BCUT2D eigenvalue weighted by atomic mass is 10.1.